The highest BCUT2D eigenvalue weighted by atomic mass is 16.8. The number of esters is 2. The molecular formula is C42H62O16. The first-order chi connectivity index (χ1) is 27.3. The van der Waals surface area contributed by atoms with Crippen molar-refractivity contribution < 1.29 is 78.1 Å². The summed E-state index contributed by atoms with van der Waals surface area (Å²) in [6.07, 6.45) is -9.70. The van der Waals surface area contributed by atoms with Gasteiger partial charge in [-0.1, -0.05) is 39.0 Å². The van der Waals surface area contributed by atoms with Gasteiger partial charge in [0.15, 0.2) is 24.8 Å². The van der Waals surface area contributed by atoms with Crippen molar-refractivity contribution >= 4 is 11.9 Å². The van der Waals surface area contributed by atoms with Crippen LogP contribution in [0.15, 0.2) is 23.8 Å². The molecule has 0 aromatic heterocycles. The molecule has 4 aliphatic heterocycles. The monoisotopic (exact) mass is 822 g/mol. The molecule has 4 heterocycles. The van der Waals surface area contributed by atoms with E-state index in [1.165, 1.54) is 6.92 Å². The van der Waals surface area contributed by atoms with Crippen LogP contribution >= 0.6 is 0 Å². The summed E-state index contributed by atoms with van der Waals surface area (Å²) in [4.78, 5) is 24.3. The van der Waals surface area contributed by atoms with Crippen molar-refractivity contribution in [3.05, 3.63) is 23.8 Å². The van der Waals surface area contributed by atoms with Crippen LogP contribution in [0.3, 0.4) is 0 Å². The summed E-state index contributed by atoms with van der Waals surface area (Å²) in [6.45, 7) is 14.1. The molecule has 0 aromatic rings. The highest BCUT2D eigenvalue weighted by Gasteiger charge is 2.71. The highest BCUT2D eigenvalue weighted by Crippen LogP contribution is 2.71. The Morgan fingerprint density at radius 3 is 2.31 bits per heavy atom. The number of carbonyl (C=O) groups excluding carboxylic acids is 2. The molecule has 7 fully saturated rings. The van der Waals surface area contributed by atoms with Crippen LogP contribution in [0, 0.1) is 40.4 Å². The van der Waals surface area contributed by atoms with Gasteiger partial charge in [0.25, 0.3) is 0 Å². The number of hydrogen-bond donors (Lipinski definition) is 6. The number of aliphatic hydroxyl groups is 6. The van der Waals surface area contributed by atoms with Crippen molar-refractivity contribution in [1.29, 1.82) is 0 Å². The number of hydrogen-bond acceptors (Lipinski definition) is 16. The minimum absolute atomic E-state index is 0.0913. The second-order valence-corrected chi connectivity index (χ2v) is 18.9. The topological polar surface area (TPSA) is 229 Å². The van der Waals surface area contributed by atoms with E-state index < -0.39 is 103 Å². The first kappa shape index (κ1) is 42.6. The van der Waals surface area contributed by atoms with E-state index in [0.717, 1.165) is 45.1 Å². The van der Waals surface area contributed by atoms with Gasteiger partial charge in [-0.05, 0) is 73.7 Å². The number of ether oxygens (including phenoxy) is 8. The predicted octanol–water partition coefficient (Wildman–Crippen LogP) is 1.00. The lowest BCUT2D eigenvalue weighted by Gasteiger charge is -2.60. The van der Waals surface area contributed by atoms with Gasteiger partial charge in [-0.3, -0.25) is 9.59 Å². The maximum atomic E-state index is 12.2. The number of rotatable bonds is 6. The summed E-state index contributed by atoms with van der Waals surface area (Å²) in [5, 5.41) is 66.4. The van der Waals surface area contributed by atoms with E-state index in [9.17, 15) is 40.2 Å². The van der Waals surface area contributed by atoms with Crippen molar-refractivity contribution in [2.75, 3.05) is 13.2 Å². The molecule has 0 amide bonds. The summed E-state index contributed by atoms with van der Waals surface area (Å²) >= 11 is 0. The van der Waals surface area contributed by atoms with E-state index in [1.54, 1.807) is 0 Å². The standard InChI is InChI=1S/C42H62O16/c1-17-15-52-42(37(50)31(17)47)18(2)30-28(58-42)14-26-24-9-8-22-12-23(45)13-29(41(22,7)25(24)10-11-40(26,30)6)56-38-35(33(49)27(46)16-51-38)57-39-36(55-21(5)44)34(54-20(4)43)32(48)19(3)53-39/h8,18-19,23-39,45-50H,1,9-16H2,2-7H3/t18-,19-,23+,24+,25-,26-,27-,28-,29+,30-,31-,32-,33-,34+,35+,36+,37-,38-,39-,40-,41-,42-/m0/s1. The fourth-order valence-electron chi connectivity index (χ4n) is 12.9. The van der Waals surface area contributed by atoms with Gasteiger partial charge < -0.3 is 68.5 Å². The zero-order chi connectivity index (χ0) is 41.8. The molecular weight excluding hydrogens is 760 g/mol. The van der Waals surface area contributed by atoms with Crippen LogP contribution in [-0.4, -0.2) is 147 Å². The van der Waals surface area contributed by atoms with Crippen LogP contribution in [0.4, 0.5) is 0 Å². The van der Waals surface area contributed by atoms with E-state index in [4.69, 9.17) is 37.9 Å². The minimum Gasteiger partial charge on any atom is -0.455 e. The molecule has 8 aliphatic rings. The van der Waals surface area contributed by atoms with E-state index >= 15 is 0 Å². The van der Waals surface area contributed by atoms with Crippen LogP contribution in [0.1, 0.15) is 80.1 Å². The van der Waals surface area contributed by atoms with Gasteiger partial charge >= 0.3 is 11.9 Å². The molecule has 16 nitrogen and oxygen atoms in total. The zero-order valence-corrected chi connectivity index (χ0v) is 34.2. The average molecular weight is 823 g/mol. The van der Waals surface area contributed by atoms with Crippen molar-refractivity contribution in [3.63, 3.8) is 0 Å². The zero-order valence-electron chi connectivity index (χ0n) is 34.2. The fourth-order valence-corrected chi connectivity index (χ4v) is 12.9. The first-order valence-corrected chi connectivity index (χ1v) is 21.0. The fraction of sp³-hybridized carbons (Fsp3) is 0.857. The van der Waals surface area contributed by atoms with Gasteiger partial charge in [0.1, 0.15) is 36.6 Å². The predicted molar refractivity (Wildman–Crippen MR) is 199 cm³/mol. The molecule has 0 unspecified atom stereocenters. The van der Waals surface area contributed by atoms with Gasteiger partial charge in [0.2, 0.25) is 5.79 Å². The Morgan fingerprint density at radius 2 is 1.60 bits per heavy atom. The molecule has 4 saturated heterocycles. The second-order valence-electron chi connectivity index (χ2n) is 18.9. The number of fused-ring (bicyclic) bond motifs is 7. The molecule has 58 heavy (non-hydrogen) atoms. The van der Waals surface area contributed by atoms with Gasteiger partial charge in [-0.2, -0.15) is 0 Å². The van der Waals surface area contributed by atoms with E-state index in [2.05, 4.69) is 33.4 Å². The summed E-state index contributed by atoms with van der Waals surface area (Å²) in [6, 6.07) is 0. The largest absolute Gasteiger partial charge is 0.455 e. The Balaban J connectivity index is 1.05. The minimum atomic E-state index is -1.55. The molecule has 4 aliphatic carbocycles. The Hall–Kier alpha value is -2.06. The second kappa shape index (κ2) is 15.4. The molecule has 0 bridgehead atoms. The van der Waals surface area contributed by atoms with Crippen LogP contribution < -0.4 is 0 Å². The van der Waals surface area contributed by atoms with Gasteiger partial charge in [-0.25, -0.2) is 0 Å². The average Bonchev–Trinajstić information content (AvgIpc) is 3.62. The van der Waals surface area contributed by atoms with E-state index in [1.807, 2.05) is 0 Å². The molecule has 0 radical (unpaired) electrons. The molecule has 6 N–H and O–H groups in total. The Bertz CT molecular complexity index is 1640. The third-order valence-corrected chi connectivity index (χ3v) is 15.7. The molecule has 0 aromatic carbocycles. The maximum Gasteiger partial charge on any atom is 0.303 e. The van der Waals surface area contributed by atoms with Crippen LogP contribution in [0.25, 0.3) is 0 Å². The summed E-state index contributed by atoms with van der Waals surface area (Å²) in [5.74, 6) is -2.23. The van der Waals surface area contributed by atoms with Crippen LogP contribution in [0.5, 0.6) is 0 Å². The van der Waals surface area contributed by atoms with E-state index in [-0.39, 0.29) is 60.7 Å². The summed E-state index contributed by atoms with van der Waals surface area (Å²) in [5.41, 5.74) is 0.836. The molecule has 8 rings (SSSR count). The van der Waals surface area contributed by atoms with Crippen molar-refractivity contribution in [2.45, 2.75) is 172 Å². The van der Waals surface area contributed by atoms with Gasteiger partial charge in [-0.15, -0.1) is 0 Å². The third-order valence-electron chi connectivity index (χ3n) is 15.7. The Kier molecular flexibility index (Phi) is 11.3. The van der Waals surface area contributed by atoms with Crippen LogP contribution in [0.2, 0.25) is 0 Å². The molecule has 3 saturated carbocycles. The summed E-state index contributed by atoms with van der Waals surface area (Å²) in [7, 11) is 0. The Morgan fingerprint density at radius 1 is 0.897 bits per heavy atom. The summed E-state index contributed by atoms with van der Waals surface area (Å²) < 4.78 is 49.0. The maximum absolute atomic E-state index is 12.2. The Labute approximate surface area is 338 Å². The van der Waals surface area contributed by atoms with Crippen molar-refractivity contribution in [1.82, 2.24) is 0 Å². The van der Waals surface area contributed by atoms with Gasteiger partial charge in [0.05, 0.1) is 37.6 Å². The van der Waals surface area contributed by atoms with Crippen LogP contribution in [-0.2, 0) is 47.5 Å². The van der Waals surface area contributed by atoms with Crippen molar-refractivity contribution in [2.24, 2.45) is 40.4 Å². The van der Waals surface area contributed by atoms with Gasteiger partial charge in [0, 0.05) is 31.6 Å². The third kappa shape index (κ3) is 6.64. The number of aliphatic hydroxyl groups excluding tert-OH is 6. The molecule has 326 valence electrons. The lowest BCUT2D eigenvalue weighted by molar-refractivity contribution is -0.363. The quantitative estimate of drug-likeness (QED) is 0.162. The highest BCUT2D eigenvalue weighted by molar-refractivity contribution is 5.67. The smallest absolute Gasteiger partial charge is 0.303 e. The number of carbonyl (C=O) groups is 2. The molecule has 16 heteroatoms. The lowest BCUT2D eigenvalue weighted by Crippen LogP contribution is -2.64. The first-order valence-electron chi connectivity index (χ1n) is 21.0. The molecule has 1 spiro atoms. The van der Waals surface area contributed by atoms with E-state index in [0.29, 0.717) is 12.0 Å². The van der Waals surface area contributed by atoms with Crippen molar-refractivity contribution in [3.8, 4) is 0 Å². The lowest BCUT2D eigenvalue weighted by atomic mass is 9.46. The SMILES string of the molecule is C=C1CO[C@@]2(O[C@H]3C[C@H]4[C@@H]5CC=C6C[C@@H](O)C[C@@H](O[C@@H]7OC[C@H](O)[C@H](O)[C@H]7O[C@@H]7O[C@@H](C)[C@H](O)[C@@H](OC(C)=O)[C@H]7OC(C)=O)[C@]6(C)[C@H]5CC[C@]4(C)[C@H]3[C@@H]2C)[C@@H](O)[C@H]1O. The molecule has 22 atom stereocenters. The number of allylic oxidation sites excluding steroid dienone is 1. The normalized spacial score (nSPS) is 53.8.